The molecule has 5 aromatic rings. The Morgan fingerprint density at radius 1 is 1.22 bits per heavy atom. The monoisotopic (exact) mass is 501 g/mol. The van der Waals surface area contributed by atoms with Crippen LogP contribution in [0.3, 0.4) is 0 Å². The molecule has 2 N–H and O–H groups in total. The van der Waals surface area contributed by atoms with Crippen LogP contribution in [0.2, 0.25) is 0 Å². The minimum atomic E-state index is -0.380. The highest BCUT2D eigenvalue weighted by Crippen LogP contribution is 2.25. The quantitative estimate of drug-likeness (QED) is 0.383. The number of rotatable bonds is 5. The number of nitrogens with one attached hydrogen (secondary N) is 2. The lowest BCUT2D eigenvalue weighted by atomic mass is 10.1. The third-order valence-electron chi connectivity index (χ3n) is 6.49. The van der Waals surface area contributed by atoms with Crippen molar-refractivity contribution in [3.05, 3.63) is 77.3 Å². The molecule has 2 aromatic carbocycles. The van der Waals surface area contributed by atoms with Crippen LogP contribution < -0.4 is 15.5 Å². The van der Waals surface area contributed by atoms with Crippen LogP contribution in [-0.4, -0.2) is 51.3 Å². The zero-order valence-electron chi connectivity index (χ0n) is 19.6. The normalized spacial score (nSPS) is 16.1. The van der Waals surface area contributed by atoms with Gasteiger partial charge in [-0.2, -0.15) is 0 Å². The number of nitrogens with zero attached hydrogens (tertiary/aromatic N) is 5. The van der Waals surface area contributed by atoms with E-state index in [1.54, 1.807) is 29.0 Å². The number of aromatic nitrogens is 4. The van der Waals surface area contributed by atoms with Crippen molar-refractivity contribution in [3.8, 4) is 5.69 Å². The Bertz CT molecular complexity index is 1580. The number of anilines is 1. The number of hydrogen-bond acceptors (Lipinski definition) is 7. The topological polar surface area (TPSA) is 88.0 Å². The van der Waals surface area contributed by atoms with E-state index in [1.807, 2.05) is 12.3 Å². The summed E-state index contributed by atoms with van der Waals surface area (Å²) in [6.45, 7) is 3.99. The summed E-state index contributed by atoms with van der Waals surface area (Å²) >= 11 is 1.71. The van der Waals surface area contributed by atoms with Crippen molar-refractivity contribution in [1.29, 1.82) is 0 Å². The summed E-state index contributed by atoms with van der Waals surface area (Å²) in [5, 5.41) is 14.9. The second kappa shape index (κ2) is 9.29. The van der Waals surface area contributed by atoms with E-state index in [0.717, 1.165) is 10.9 Å². The molecule has 0 radical (unpaired) electrons. The number of carbonyl (C=O) groups excluding carboxylic acids is 1. The molecule has 0 spiro atoms. The minimum Gasteiger partial charge on any atom is -0.353 e. The molecule has 1 amide bonds. The maximum Gasteiger partial charge on any atom is 0.239 e. The molecule has 36 heavy (non-hydrogen) atoms. The highest BCUT2D eigenvalue weighted by Gasteiger charge is 2.27. The van der Waals surface area contributed by atoms with Gasteiger partial charge in [-0.25, -0.2) is 19.0 Å². The predicted molar refractivity (Wildman–Crippen MR) is 139 cm³/mol. The average Bonchev–Trinajstić information content (AvgIpc) is 3.55. The minimum absolute atomic E-state index is 0.0544. The Labute approximate surface area is 210 Å². The SMILES string of the molecule is Cc1ccc(-n2cc3c(N4CCNC(C(=O)NCc5ccc6sccc6c5)C4)ncnc3n2)cc1F. The van der Waals surface area contributed by atoms with Crippen LogP contribution in [-0.2, 0) is 11.3 Å². The van der Waals surface area contributed by atoms with Crippen molar-refractivity contribution in [3.63, 3.8) is 0 Å². The number of amides is 1. The zero-order valence-corrected chi connectivity index (χ0v) is 20.4. The van der Waals surface area contributed by atoms with Crippen molar-refractivity contribution in [1.82, 2.24) is 30.4 Å². The average molecular weight is 502 g/mol. The number of carbonyl (C=O) groups is 1. The number of benzene rings is 2. The smallest absolute Gasteiger partial charge is 0.239 e. The van der Waals surface area contributed by atoms with E-state index in [-0.39, 0.29) is 17.8 Å². The van der Waals surface area contributed by atoms with E-state index in [2.05, 4.69) is 60.2 Å². The standard InChI is InChI=1S/C26H24FN7OS/c1-16-2-4-19(11-21(16)27)34-13-20-24(32-34)30-15-31-25(20)33-8-7-28-22(14-33)26(35)29-12-17-3-5-23-18(10-17)6-9-36-23/h2-6,9-11,13,15,22,28H,7-8,12,14H2,1H3,(H,29,35). The van der Waals surface area contributed by atoms with Crippen LogP contribution in [0.15, 0.2) is 60.4 Å². The van der Waals surface area contributed by atoms with E-state index in [9.17, 15) is 9.18 Å². The third-order valence-corrected chi connectivity index (χ3v) is 7.39. The fraction of sp³-hybridized carbons (Fsp3) is 0.231. The van der Waals surface area contributed by atoms with Crippen molar-refractivity contribution in [2.75, 3.05) is 24.5 Å². The molecule has 0 saturated carbocycles. The molecular weight excluding hydrogens is 477 g/mol. The first kappa shape index (κ1) is 22.6. The molecular formula is C26H24FN7OS. The van der Waals surface area contributed by atoms with Gasteiger partial charge in [0.1, 0.15) is 24.0 Å². The second-order valence-corrected chi connectivity index (χ2v) is 9.85. The van der Waals surface area contributed by atoms with E-state index >= 15 is 0 Å². The van der Waals surface area contributed by atoms with Crippen LogP contribution >= 0.6 is 11.3 Å². The number of hydrogen-bond donors (Lipinski definition) is 2. The third kappa shape index (κ3) is 4.29. The molecule has 0 aliphatic carbocycles. The Hall–Kier alpha value is -3.89. The van der Waals surface area contributed by atoms with Gasteiger partial charge in [0.2, 0.25) is 5.91 Å². The Balaban J connectivity index is 1.19. The summed E-state index contributed by atoms with van der Waals surface area (Å²) in [5.41, 5.74) is 2.78. The van der Waals surface area contributed by atoms with Crippen LogP contribution in [0.25, 0.3) is 26.8 Å². The predicted octanol–water partition coefficient (Wildman–Crippen LogP) is 3.57. The summed E-state index contributed by atoms with van der Waals surface area (Å²) in [4.78, 5) is 23.9. The van der Waals surface area contributed by atoms with Gasteiger partial charge in [-0.05, 0) is 59.1 Å². The van der Waals surface area contributed by atoms with Gasteiger partial charge >= 0.3 is 0 Å². The highest BCUT2D eigenvalue weighted by atomic mass is 32.1. The number of thiophene rings is 1. The summed E-state index contributed by atoms with van der Waals surface area (Å²) in [6, 6.07) is 13.0. The first-order valence-electron chi connectivity index (χ1n) is 11.7. The van der Waals surface area contributed by atoms with Gasteiger partial charge in [0.05, 0.1) is 11.1 Å². The van der Waals surface area contributed by atoms with Gasteiger partial charge in [-0.15, -0.1) is 16.4 Å². The van der Waals surface area contributed by atoms with Crippen molar-refractivity contribution in [2.24, 2.45) is 0 Å². The molecule has 1 atom stereocenters. The molecule has 4 heterocycles. The molecule has 8 nitrogen and oxygen atoms in total. The highest BCUT2D eigenvalue weighted by molar-refractivity contribution is 7.17. The molecule has 1 aliphatic heterocycles. The van der Waals surface area contributed by atoms with Gasteiger partial charge in [-0.3, -0.25) is 4.79 Å². The summed E-state index contributed by atoms with van der Waals surface area (Å²) < 4.78 is 17.0. The number of aryl methyl sites for hydroxylation is 1. The van der Waals surface area contributed by atoms with E-state index < -0.39 is 0 Å². The first-order valence-corrected chi connectivity index (χ1v) is 12.6. The molecule has 0 bridgehead atoms. The van der Waals surface area contributed by atoms with Crippen LogP contribution in [0, 0.1) is 12.7 Å². The van der Waals surface area contributed by atoms with Gasteiger partial charge < -0.3 is 15.5 Å². The van der Waals surface area contributed by atoms with E-state index in [4.69, 9.17) is 0 Å². The lowest BCUT2D eigenvalue weighted by Gasteiger charge is -2.33. The molecule has 1 fully saturated rings. The van der Waals surface area contributed by atoms with E-state index in [1.165, 1.54) is 22.5 Å². The van der Waals surface area contributed by atoms with Gasteiger partial charge in [-0.1, -0.05) is 12.1 Å². The zero-order chi connectivity index (χ0) is 24.6. The van der Waals surface area contributed by atoms with Gasteiger partial charge in [0.25, 0.3) is 0 Å². The van der Waals surface area contributed by atoms with Crippen molar-refractivity contribution >= 4 is 44.2 Å². The Morgan fingerprint density at radius 2 is 2.14 bits per heavy atom. The molecule has 1 unspecified atom stereocenters. The summed E-state index contributed by atoms with van der Waals surface area (Å²) in [7, 11) is 0. The Kier molecular flexibility index (Phi) is 5.82. The summed E-state index contributed by atoms with van der Waals surface area (Å²) in [5.74, 6) is 0.367. The number of halogens is 1. The fourth-order valence-electron chi connectivity index (χ4n) is 4.49. The number of fused-ring (bicyclic) bond motifs is 2. The van der Waals surface area contributed by atoms with Crippen LogP contribution in [0.4, 0.5) is 10.2 Å². The lowest BCUT2D eigenvalue weighted by Crippen LogP contribution is -2.57. The van der Waals surface area contributed by atoms with Gasteiger partial charge in [0, 0.05) is 37.1 Å². The molecule has 3 aromatic heterocycles. The number of piperazine rings is 1. The molecule has 10 heteroatoms. The molecule has 1 aliphatic rings. The molecule has 182 valence electrons. The molecule has 1 saturated heterocycles. The second-order valence-electron chi connectivity index (χ2n) is 8.91. The fourth-order valence-corrected chi connectivity index (χ4v) is 5.26. The van der Waals surface area contributed by atoms with Crippen molar-refractivity contribution < 1.29 is 9.18 Å². The first-order chi connectivity index (χ1) is 17.5. The van der Waals surface area contributed by atoms with Gasteiger partial charge in [0.15, 0.2) is 5.65 Å². The molecule has 6 rings (SSSR count). The maximum atomic E-state index is 14.1. The van der Waals surface area contributed by atoms with Crippen LogP contribution in [0.5, 0.6) is 0 Å². The van der Waals surface area contributed by atoms with E-state index in [0.29, 0.717) is 48.9 Å². The maximum absolute atomic E-state index is 14.1. The summed E-state index contributed by atoms with van der Waals surface area (Å²) in [6.07, 6.45) is 3.29. The van der Waals surface area contributed by atoms with Crippen LogP contribution in [0.1, 0.15) is 11.1 Å². The lowest BCUT2D eigenvalue weighted by molar-refractivity contribution is -0.123. The van der Waals surface area contributed by atoms with Crippen molar-refractivity contribution in [2.45, 2.75) is 19.5 Å². The Morgan fingerprint density at radius 3 is 3.03 bits per heavy atom. The largest absolute Gasteiger partial charge is 0.353 e.